The van der Waals surface area contributed by atoms with Crippen molar-refractivity contribution in [2.45, 2.75) is 13.8 Å². The number of hydrogen-bond donors (Lipinski definition) is 1. The Morgan fingerprint density at radius 1 is 1.60 bits per heavy atom. The van der Waals surface area contributed by atoms with Crippen molar-refractivity contribution in [2.75, 3.05) is 0 Å². The molecule has 0 heterocycles. The minimum atomic E-state index is 0.545. The highest BCUT2D eigenvalue weighted by molar-refractivity contribution is 14.1. The van der Waals surface area contributed by atoms with E-state index in [1.54, 1.807) is 6.21 Å². The maximum atomic E-state index is 6.62. The van der Waals surface area contributed by atoms with Gasteiger partial charge in [0.2, 0.25) is 0 Å². The molecule has 0 aliphatic heterocycles. The molecule has 0 aliphatic rings. The lowest BCUT2D eigenvalue weighted by Crippen LogP contribution is -1.81. The van der Waals surface area contributed by atoms with Gasteiger partial charge in [0.05, 0.1) is 0 Å². The van der Waals surface area contributed by atoms with Crippen LogP contribution in [0.4, 0.5) is 0 Å². The van der Waals surface area contributed by atoms with Crippen LogP contribution in [0.25, 0.3) is 0 Å². The van der Waals surface area contributed by atoms with Crippen molar-refractivity contribution in [2.24, 2.45) is 10.9 Å². The number of halogens is 1. The van der Waals surface area contributed by atoms with Crippen LogP contribution in [0.2, 0.25) is 0 Å². The zero-order valence-electron chi connectivity index (χ0n) is 6.13. The molecule has 0 bridgehead atoms. The van der Waals surface area contributed by atoms with Crippen LogP contribution in [0.15, 0.2) is 14.6 Å². The van der Waals surface area contributed by atoms with Gasteiger partial charge in [-0.3, -0.25) is 5.41 Å². The molecule has 10 heavy (non-hydrogen) atoms. The maximum absolute atomic E-state index is 6.62. The highest BCUT2D eigenvalue weighted by Crippen LogP contribution is 2.06. The van der Waals surface area contributed by atoms with Crippen molar-refractivity contribution >= 4 is 35.1 Å². The van der Waals surface area contributed by atoms with E-state index < -0.39 is 0 Å². The van der Waals surface area contributed by atoms with Crippen LogP contribution in [0.1, 0.15) is 13.8 Å². The summed E-state index contributed by atoms with van der Waals surface area (Å²) in [5.41, 5.74) is 0. The standard InChI is InChI=1S/C7H11IN2/c1-6(2)3-7(8)4-10-5-9/h3-6,9H,1-2H3. The van der Waals surface area contributed by atoms with Crippen LogP contribution >= 0.6 is 22.6 Å². The molecule has 0 unspecified atom stereocenters. The molecule has 0 aliphatic carbocycles. The average Bonchev–Trinajstić information content (AvgIpc) is 1.82. The maximum Gasteiger partial charge on any atom is 0.106 e. The monoisotopic (exact) mass is 250 g/mol. The third kappa shape index (κ3) is 5.94. The van der Waals surface area contributed by atoms with Gasteiger partial charge < -0.3 is 0 Å². The van der Waals surface area contributed by atoms with E-state index in [2.05, 4.69) is 47.5 Å². The number of nitrogens with zero attached hydrogens (tertiary/aromatic N) is 1. The Morgan fingerprint density at radius 2 is 2.20 bits per heavy atom. The van der Waals surface area contributed by atoms with E-state index in [0.717, 1.165) is 9.92 Å². The van der Waals surface area contributed by atoms with Crippen LogP contribution in [0.5, 0.6) is 0 Å². The fourth-order valence-electron chi connectivity index (χ4n) is 0.470. The second-order valence-corrected chi connectivity index (χ2v) is 3.45. The van der Waals surface area contributed by atoms with Gasteiger partial charge in [0.25, 0.3) is 0 Å². The minimum Gasteiger partial charge on any atom is -0.290 e. The van der Waals surface area contributed by atoms with Gasteiger partial charge in [-0.15, -0.1) is 0 Å². The highest BCUT2D eigenvalue weighted by atomic mass is 127. The van der Waals surface area contributed by atoms with Crippen LogP contribution in [0, 0.1) is 11.3 Å². The van der Waals surface area contributed by atoms with E-state index in [1.165, 1.54) is 0 Å². The number of aliphatic imine (C=N–C) groups is 1. The molecule has 0 atom stereocenters. The fourth-order valence-corrected chi connectivity index (χ4v) is 1.35. The van der Waals surface area contributed by atoms with Gasteiger partial charge in [-0.25, -0.2) is 4.99 Å². The Hall–Kier alpha value is -0.190. The summed E-state index contributed by atoms with van der Waals surface area (Å²) in [6.45, 7) is 4.22. The molecular formula is C7H11IN2. The topological polar surface area (TPSA) is 36.2 Å². The molecule has 0 aromatic heterocycles. The van der Waals surface area contributed by atoms with E-state index in [1.807, 2.05) is 0 Å². The van der Waals surface area contributed by atoms with Crippen molar-refractivity contribution in [3.63, 3.8) is 0 Å². The van der Waals surface area contributed by atoms with Gasteiger partial charge in [-0.2, -0.15) is 0 Å². The zero-order valence-corrected chi connectivity index (χ0v) is 8.29. The molecule has 0 fully saturated rings. The molecular weight excluding hydrogens is 239 g/mol. The van der Waals surface area contributed by atoms with Crippen LogP contribution in [-0.4, -0.2) is 12.6 Å². The van der Waals surface area contributed by atoms with E-state index in [9.17, 15) is 0 Å². The van der Waals surface area contributed by atoms with Crippen molar-refractivity contribution in [3.8, 4) is 0 Å². The molecule has 0 saturated heterocycles. The Kier molecular flexibility index (Phi) is 5.48. The predicted octanol–water partition coefficient (Wildman–Crippen LogP) is 2.64. The first-order valence-electron chi connectivity index (χ1n) is 3.06. The summed E-state index contributed by atoms with van der Waals surface area (Å²) in [6, 6.07) is 0. The van der Waals surface area contributed by atoms with Crippen LogP contribution < -0.4 is 0 Å². The minimum absolute atomic E-state index is 0.545. The summed E-state index contributed by atoms with van der Waals surface area (Å²) in [7, 11) is 0. The summed E-state index contributed by atoms with van der Waals surface area (Å²) >= 11 is 2.19. The largest absolute Gasteiger partial charge is 0.290 e. The Bertz CT molecular complexity index is 159. The first kappa shape index (κ1) is 9.81. The number of nitrogens with one attached hydrogen (secondary N) is 1. The Labute approximate surface area is 75.1 Å². The number of hydrogen-bond acceptors (Lipinski definition) is 1. The van der Waals surface area contributed by atoms with Gasteiger partial charge in [-0.05, 0) is 28.5 Å². The quantitative estimate of drug-likeness (QED) is 0.454. The van der Waals surface area contributed by atoms with Crippen molar-refractivity contribution in [1.29, 1.82) is 5.41 Å². The lowest BCUT2D eigenvalue weighted by molar-refractivity contribution is 0.832. The van der Waals surface area contributed by atoms with Gasteiger partial charge in [-0.1, -0.05) is 19.9 Å². The Balaban J connectivity index is 3.93. The molecule has 0 saturated carbocycles. The van der Waals surface area contributed by atoms with E-state index in [0.29, 0.717) is 5.92 Å². The molecule has 0 rings (SSSR count). The third-order valence-electron chi connectivity index (χ3n) is 0.765. The van der Waals surface area contributed by atoms with Gasteiger partial charge in [0, 0.05) is 9.79 Å². The smallest absolute Gasteiger partial charge is 0.106 e. The average molecular weight is 250 g/mol. The second-order valence-electron chi connectivity index (χ2n) is 2.20. The predicted molar refractivity (Wildman–Crippen MR) is 54.2 cm³/mol. The lowest BCUT2D eigenvalue weighted by Gasteiger charge is -1.93. The Morgan fingerprint density at radius 3 is 2.60 bits per heavy atom. The molecule has 3 heteroatoms. The van der Waals surface area contributed by atoms with Gasteiger partial charge in [0.1, 0.15) is 6.34 Å². The summed E-state index contributed by atoms with van der Waals surface area (Å²) in [4.78, 5) is 3.67. The number of rotatable bonds is 3. The van der Waals surface area contributed by atoms with Gasteiger partial charge in [0.15, 0.2) is 0 Å². The molecule has 1 N–H and O–H groups in total. The normalized spacial score (nSPS) is 13.0. The second kappa shape index (κ2) is 5.58. The summed E-state index contributed by atoms with van der Waals surface area (Å²) in [5, 5.41) is 6.62. The van der Waals surface area contributed by atoms with Gasteiger partial charge >= 0.3 is 0 Å². The molecule has 0 aromatic carbocycles. The molecule has 2 nitrogen and oxygen atoms in total. The van der Waals surface area contributed by atoms with Crippen LogP contribution in [0.3, 0.4) is 0 Å². The summed E-state index contributed by atoms with van der Waals surface area (Å²) in [5.74, 6) is 0.545. The fraction of sp³-hybridized carbons (Fsp3) is 0.429. The lowest BCUT2D eigenvalue weighted by atomic mass is 10.2. The molecule has 0 radical (unpaired) electrons. The van der Waals surface area contributed by atoms with Crippen LogP contribution in [-0.2, 0) is 0 Å². The van der Waals surface area contributed by atoms with Crippen molar-refractivity contribution < 1.29 is 0 Å². The first-order chi connectivity index (χ1) is 4.66. The van der Waals surface area contributed by atoms with E-state index in [4.69, 9.17) is 5.41 Å². The molecule has 0 spiro atoms. The molecule has 0 aromatic rings. The zero-order chi connectivity index (χ0) is 7.98. The van der Waals surface area contributed by atoms with Crippen molar-refractivity contribution in [3.05, 3.63) is 9.66 Å². The highest BCUT2D eigenvalue weighted by Gasteiger charge is 1.87. The summed E-state index contributed by atoms with van der Waals surface area (Å²) in [6.07, 6.45) is 4.80. The third-order valence-corrected chi connectivity index (χ3v) is 1.40. The molecule has 0 amide bonds. The molecule has 56 valence electrons. The van der Waals surface area contributed by atoms with E-state index in [-0.39, 0.29) is 0 Å². The summed E-state index contributed by atoms with van der Waals surface area (Å²) < 4.78 is 1.08. The van der Waals surface area contributed by atoms with Crippen molar-refractivity contribution in [1.82, 2.24) is 0 Å². The first-order valence-corrected chi connectivity index (χ1v) is 4.14. The SMILES string of the molecule is CC(C)C=C(I)C=NC=N. The number of allylic oxidation sites excluding steroid dienone is 2. The van der Waals surface area contributed by atoms with E-state index >= 15 is 0 Å².